The van der Waals surface area contributed by atoms with Gasteiger partial charge in [-0.3, -0.25) is 4.79 Å². The number of ether oxygens (including phenoxy) is 3. The monoisotopic (exact) mass is 483 g/mol. The fourth-order valence-electron chi connectivity index (χ4n) is 4.37. The van der Waals surface area contributed by atoms with Crippen LogP contribution in [0.5, 0.6) is 17.2 Å². The number of likely N-dealkylation sites (tertiary alicyclic amines) is 1. The summed E-state index contributed by atoms with van der Waals surface area (Å²) in [5, 5.41) is 13.1. The van der Waals surface area contributed by atoms with Crippen LogP contribution < -0.4 is 25.1 Å². The van der Waals surface area contributed by atoms with Crippen molar-refractivity contribution in [1.82, 2.24) is 19.9 Å². The topological polar surface area (TPSA) is 122 Å². The maximum Gasteiger partial charge on any atom is 0.262 e. The fourth-order valence-corrected chi connectivity index (χ4v) is 4.37. The Morgan fingerprint density at radius 3 is 2.60 bits per heavy atom. The number of aliphatic hydroxyl groups is 1. The molecule has 3 heterocycles. The maximum absolute atomic E-state index is 13.0. The third-order valence-corrected chi connectivity index (χ3v) is 6.27. The number of piperidine rings is 1. The van der Waals surface area contributed by atoms with Gasteiger partial charge in [-0.05, 0) is 26.7 Å². The molecule has 0 atom stereocenters. The van der Waals surface area contributed by atoms with Crippen molar-refractivity contribution in [2.24, 2.45) is 0 Å². The number of aliphatic hydroxyl groups excluding tert-OH is 1. The number of aromatic nitrogens is 3. The number of nitrogens with zero attached hydrogens (tertiary/aromatic N) is 3. The molecule has 0 amide bonds. The number of hydrogen-bond acceptors (Lipinski definition) is 9. The van der Waals surface area contributed by atoms with Gasteiger partial charge < -0.3 is 34.5 Å². The van der Waals surface area contributed by atoms with Crippen LogP contribution in [-0.4, -0.2) is 77.6 Å². The quantitative estimate of drug-likeness (QED) is 0.422. The predicted octanol–water partition coefficient (Wildman–Crippen LogP) is 2.66. The van der Waals surface area contributed by atoms with Crippen molar-refractivity contribution >= 4 is 16.6 Å². The summed E-state index contributed by atoms with van der Waals surface area (Å²) in [6.45, 7) is 6.50. The molecule has 10 heteroatoms. The van der Waals surface area contributed by atoms with E-state index in [4.69, 9.17) is 24.3 Å². The van der Waals surface area contributed by atoms with Gasteiger partial charge in [0.15, 0.2) is 5.82 Å². The van der Waals surface area contributed by atoms with E-state index in [0.717, 1.165) is 25.9 Å². The van der Waals surface area contributed by atoms with Crippen LogP contribution in [0.2, 0.25) is 0 Å². The van der Waals surface area contributed by atoms with E-state index in [9.17, 15) is 4.79 Å². The van der Waals surface area contributed by atoms with Crippen LogP contribution in [-0.2, 0) is 0 Å². The Kier molecular flexibility index (Phi) is 7.72. The first-order chi connectivity index (χ1) is 16.9. The molecule has 0 radical (unpaired) electrons. The van der Waals surface area contributed by atoms with Gasteiger partial charge in [-0.15, -0.1) is 0 Å². The average molecular weight is 484 g/mol. The summed E-state index contributed by atoms with van der Waals surface area (Å²) < 4.78 is 16.3. The molecule has 10 nitrogen and oxygen atoms in total. The van der Waals surface area contributed by atoms with Gasteiger partial charge in [0.25, 0.3) is 5.56 Å². The number of rotatable bonds is 9. The van der Waals surface area contributed by atoms with E-state index in [1.54, 1.807) is 25.4 Å². The van der Waals surface area contributed by atoms with Gasteiger partial charge in [0.1, 0.15) is 34.9 Å². The van der Waals surface area contributed by atoms with Crippen molar-refractivity contribution < 1.29 is 19.3 Å². The summed E-state index contributed by atoms with van der Waals surface area (Å²) in [6, 6.07) is 5.95. The Labute approximate surface area is 204 Å². The molecule has 4 rings (SSSR count). The molecule has 0 bridgehead atoms. The van der Waals surface area contributed by atoms with Crippen molar-refractivity contribution in [1.29, 1.82) is 0 Å². The summed E-state index contributed by atoms with van der Waals surface area (Å²) in [5.74, 6) is 1.77. The number of benzene rings is 1. The molecule has 1 fully saturated rings. The van der Waals surface area contributed by atoms with Crippen LogP contribution in [0.25, 0.3) is 22.4 Å². The third kappa shape index (κ3) is 5.49. The van der Waals surface area contributed by atoms with Gasteiger partial charge in [0, 0.05) is 43.4 Å². The first kappa shape index (κ1) is 24.7. The highest BCUT2D eigenvalue weighted by atomic mass is 16.5. The zero-order chi connectivity index (χ0) is 24.9. The molecule has 1 aromatic carbocycles. The summed E-state index contributed by atoms with van der Waals surface area (Å²) in [5.41, 5.74) is 1.33. The number of hydrogen-bond donors (Lipinski definition) is 3. The van der Waals surface area contributed by atoms with E-state index >= 15 is 0 Å². The van der Waals surface area contributed by atoms with Crippen molar-refractivity contribution in [2.45, 2.75) is 38.8 Å². The van der Waals surface area contributed by atoms with Crippen molar-refractivity contribution in [3.63, 3.8) is 0 Å². The average Bonchev–Trinajstić information content (AvgIpc) is 2.86. The van der Waals surface area contributed by atoms with Crippen LogP contribution in [0.3, 0.4) is 0 Å². The normalized spacial score (nSPS) is 14.9. The second kappa shape index (κ2) is 10.9. The van der Waals surface area contributed by atoms with Gasteiger partial charge in [0.05, 0.1) is 38.2 Å². The molecule has 0 aliphatic carbocycles. The standard InChI is InChI=1S/C25H33N5O5/c1-15(2)30-7-5-16(6-8-30)27-20-12-18(35-10-9-31)14-26-23(20)24-28-19-11-17(33-3)13-21(34-4)22(19)25(32)29-24/h11-16,27,31H,5-10H2,1-4H3,(H,28,29,32). The lowest BCUT2D eigenvalue weighted by Crippen LogP contribution is -2.42. The first-order valence-electron chi connectivity index (χ1n) is 11.8. The Morgan fingerprint density at radius 2 is 1.94 bits per heavy atom. The van der Waals surface area contributed by atoms with Crippen molar-refractivity contribution in [3.05, 3.63) is 34.7 Å². The number of methoxy groups -OCH3 is 2. The van der Waals surface area contributed by atoms with Gasteiger partial charge in [-0.1, -0.05) is 0 Å². The number of fused-ring (bicyclic) bond motifs is 1. The van der Waals surface area contributed by atoms with Gasteiger partial charge >= 0.3 is 0 Å². The summed E-state index contributed by atoms with van der Waals surface area (Å²) in [7, 11) is 3.05. The minimum atomic E-state index is -0.330. The molecule has 0 unspecified atom stereocenters. The molecule has 3 N–H and O–H groups in total. The van der Waals surface area contributed by atoms with E-state index in [1.807, 2.05) is 6.07 Å². The fraction of sp³-hybridized carbons (Fsp3) is 0.480. The second-order valence-corrected chi connectivity index (χ2v) is 8.83. The number of nitrogens with one attached hydrogen (secondary N) is 2. The molecule has 1 saturated heterocycles. The first-order valence-corrected chi connectivity index (χ1v) is 11.8. The van der Waals surface area contributed by atoms with E-state index in [-0.39, 0.29) is 24.8 Å². The highest BCUT2D eigenvalue weighted by molar-refractivity contribution is 5.87. The van der Waals surface area contributed by atoms with Crippen molar-refractivity contribution in [3.8, 4) is 28.8 Å². The molecule has 1 aliphatic rings. The Morgan fingerprint density at radius 1 is 1.17 bits per heavy atom. The zero-order valence-corrected chi connectivity index (χ0v) is 20.6. The Balaban J connectivity index is 1.73. The highest BCUT2D eigenvalue weighted by Gasteiger charge is 2.23. The lowest BCUT2D eigenvalue weighted by atomic mass is 10.0. The lowest BCUT2D eigenvalue weighted by molar-refractivity contribution is 0.177. The van der Waals surface area contributed by atoms with Crippen LogP contribution in [0.4, 0.5) is 5.69 Å². The highest BCUT2D eigenvalue weighted by Crippen LogP contribution is 2.32. The van der Waals surface area contributed by atoms with E-state index < -0.39 is 0 Å². The smallest absolute Gasteiger partial charge is 0.262 e. The molecule has 3 aromatic rings. The second-order valence-electron chi connectivity index (χ2n) is 8.83. The van der Waals surface area contributed by atoms with Crippen LogP contribution in [0.1, 0.15) is 26.7 Å². The molecule has 35 heavy (non-hydrogen) atoms. The van der Waals surface area contributed by atoms with E-state index in [2.05, 4.69) is 34.0 Å². The summed E-state index contributed by atoms with van der Waals surface area (Å²) in [6.07, 6.45) is 3.53. The summed E-state index contributed by atoms with van der Waals surface area (Å²) in [4.78, 5) is 27.6. The Hall–Kier alpha value is -3.37. The van der Waals surface area contributed by atoms with Crippen molar-refractivity contribution in [2.75, 3.05) is 45.8 Å². The minimum Gasteiger partial charge on any atom is -0.497 e. The number of anilines is 1. The largest absolute Gasteiger partial charge is 0.497 e. The predicted molar refractivity (Wildman–Crippen MR) is 135 cm³/mol. The molecular formula is C25H33N5O5. The van der Waals surface area contributed by atoms with E-state index in [0.29, 0.717) is 51.4 Å². The van der Waals surface area contributed by atoms with Gasteiger partial charge in [0.2, 0.25) is 0 Å². The van der Waals surface area contributed by atoms with Gasteiger partial charge in [-0.2, -0.15) is 0 Å². The van der Waals surface area contributed by atoms with Crippen LogP contribution >= 0.6 is 0 Å². The summed E-state index contributed by atoms with van der Waals surface area (Å²) >= 11 is 0. The molecule has 0 saturated carbocycles. The molecule has 2 aromatic heterocycles. The zero-order valence-electron chi connectivity index (χ0n) is 20.6. The van der Waals surface area contributed by atoms with Crippen LogP contribution in [0, 0.1) is 0 Å². The van der Waals surface area contributed by atoms with Gasteiger partial charge in [-0.25, -0.2) is 9.97 Å². The molecular weight excluding hydrogens is 450 g/mol. The minimum absolute atomic E-state index is 0.0958. The molecule has 188 valence electrons. The maximum atomic E-state index is 13.0. The number of H-pyrrole nitrogens is 1. The number of aromatic amines is 1. The third-order valence-electron chi connectivity index (χ3n) is 6.27. The molecule has 1 aliphatic heterocycles. The SMILES string of the molecule is COc1cc(OC)c2c(=O)[nH]c(-c3ncc(OCCO)cc3NC3CCN(C(C)C)CC3)nc2c1. The lowest BCUT2D eigenvalue weighted by Gasteiger charge is -2.35. The van der Waals surface area contributed by atoms with E-state index in [1.165, 1.54) is 7.11 Å². The van der Waals surface area contributed by atoms with Crippen LogP contribution in [0.15, 0.2) is 29.2 Å². The number of pyridine rings is 1. The Bertz CT molecular complexity index is 1220. The molecule has 0 spiro atoms.